The molecule has 1 unspecified atom stereocenters. The molecule has 0 heterocycles. The molecule has 0 fully saturated rings. The van der Waals surface area contributed by atoms with E-state index in [0.29, 0.717) is 23.1 Å². The summed E-state index contributed by atoms with van der Waals surface area (Å²) in [5.74, 6) is 0.468. The van der Waals surface area contributed by atoms with Gasteiger partial charge < -0.3 is 20.5 Å². The van der Waals surface area contributed by atoms with Gasteiger partial charge in [0.15, 0.2) is 5.75 Å². The second kappa shape index (κ2) is 7.52. The first-order chi connectivity index (χ1) is 9.77. The van der Waals surface area contributed by atoms with Crippen molar-refractivity contribution in [1.82, 2.24) is 5.32 Å². The Morgan fingerprint density at radius 1 is 1.48 bits per heavy atom. The van der Waals surface area contributed by atoms with Crippen molar-refractivity contribution < 1.29 is 14.6 Å². The minimum absolute atomic E-state index is 0.0305. The molecule has 2 amide bonds. The van der Waals surface area contributed by atoms with Crippen LogP contribution in [0.3, 0.4) is 0 Å². The van der Waals surface area contributed by atoms with Crippen molar-refractivity contribution in [3.8, 4) is 5.75 Å². The molecule has 0 bridgehead atoms. The number of rotatable bonds is 6. The zero-order chi connectivity index (χ0) is 16.0. The molecule has 0 aliphatic rings. The summed E-state index contributed by atoms with van der Waals surface area (Å²) in [4.78, 5) is 11.9. The number of carbonyl (C=O) groups excluding carboxylic acids is 1. The van der Waals surface area contributed by atoms with Crippen LogP contribution < -0.4 is 15.4 Å². The number of benzene rings is 1. The first kappa shape index (κ1) is 17.6. The molecule has 0 saturated carbocycles. The Bertz CT molecular complexity index is 490. The van der Waals surface area contributed by atoms with Gasteiger partial charge in [0, 0.05) is 6.54 Å². The first-order valence-corrected chi connectivity index (χ1v) is 7.34. The maximum Gasteiger partial charge on any atom is 0.319 e. The summed E-state index contributed by atoms with van der Waals surface area (Å²) in [6.45, 7) is 7.91. The SMILES string of the molecule is CCOc1c(Cl)cccc1NC(=O)NCC(C)(O)C(C)C. The number of amides is 2. The third-order valence-electron chi connectivity index (χ3n) is 3.35. The number of aliphatic hydroxyl groups is 1. The largest absolute Gasteiger partial charge is 0.490 e. The third kappa shape index (κ3) is 5.10. The van der Waals surface area contributed by atoms with Gasteiger partial charge in [0.2, 0.25) is 0 Å². The predicted octanol–water partition coefficient (Wildman–Crippen LogP) is 3.27. The summed E-state index contributed by atoms with van der Waals surface area (Å²) in [6, 6.07) is 4.71. The summed E-state index contributed by atoms with van der Waals surface area (Å²) >= 11 is 6.05. The van der Waals surface area contributed by atoms with Crippen molar-refractivity contribution in [2.24, 2.45) is 5.92 Å². The van der Waals surface area contributed by atoms with Crippen molar-refractivity contribution >= 4 is 23.3 Å². The van der Waals surface area contributed by atoms with Gasteiger partial charge >= 0.3 is 6.03 Å². The van der Waals surface area contributed by atoms with Crippen LogP contribution in [0.2, 0.25) is 5.02 Å². The number of hydrogen-bond acceptors (Lipinski definition) is 3. The average molecular weight is 315 g/mol. The van der Waals surface area contributed by atoms with Crippen LogP contribution in [-0.4, -0.2) is 29.9 Å². The number of para-hydroxylation sites is 1. The molecule has 0 radical (unpaired) electrons. The van der Waals surface area contributed by atoms with E-state index >= 15 is 0 Å². The lowest BCUT2D eigenvalue weighted by Gasteiger charge is -2.27. The van der Waals surface area contributed by atoms with Crippen molar-refractivity contribution in [2.45, 2.75) is 33.3 Å². The topological polar surface area (TPSA) is 70.6 Å². The van der Waals surface area contributed by atoms with Crippen LogP contribution in [0.4, 0.5) is 10.5 Å². The lowest BCUT2D eigenvalue weighted by molar-refractivity contribution is 0.0170. The van der Waals surface area contributed by atoms with Gasteiger partial charge in [0.25, 0.3) is 0 Å². The van der Waals surface area contributed by atoms with Gasteiger partial charge in [-0.3, -0.25) is 0 Å². The molecule has 1 atom stereocenters. The highest BCUT2D eigenvalue weighted by Crippen LogP contribution is 2.32. The number of anilines is 1. The summed E-state index contributed by atoms with van der Waals surface area (Å²) in [6.07, 6.45) is 0. The maximum atomic E-state index is 11.9. The Morgan fingerprint density at radius 2 is 2.14 bits per heavy atom. The van der Waals surface area contributed by atoms with Crippen molar-refractivity contribution in [2.75, 3.05) is 18.5 Å². The monoisotopic (exact) mass is 314 g/mol. The van der Waals surface area contributed by atoms with Gasteiger partial charge in [-0.15, -0.1) is 0 Å². The lowest BCUT2D eigenvalue weighted by atomic mass is 9.93. The fourth-order valence-corrected chi connectivity index (χ4v) is 1.76. The smallest absolute Gasteiger partial charge is 0.319 e. The van der Waals surface area contributed by atoms with Crippen LogP contribution >= 0.6 is 11.6 Å². The highest BCUT2D eigenvalue weighted by molar-refractivity contribution is 6.32. The fourth-order valence-electron chi connectivity index (χ4n) is 1.53. The second-order valence-corrected chi connectivity index (χ2v) is 5.78. The molecule has 6 heteroatoms. The van der Waals surface area contributed by atoms with Crippen LogP contribution in [-0.2, 0) is 0 Å². The average Bonchev–Trinajstić information content (AvgIpc) is 2.40. The van der Waals surface area contributed by atoms with Crippen LogP contribution in [0.5, 0.6) is 5.75 Å². The molecule has 1 aromatic rings. The van der Waals surface area contributed by atoms with E-state index < -0.39 is 11.6 Å². The molecule has 0 saturated heterocycles. The quantitative estimate of drug-likeness (QED) is 0.754. The van der Waals surface area contributed by atoms with Crippen molar-refractivity contribution in [1.29, 1.82) is 0 Å². The van der Waals surface area contributed by atoms with Crippen molar-refractivity contribution in [3.05, 3.63) is 23.2 Å². The van der Waals surface area contributed by atoms with E-state index in [1.54, 1.807) is 25.1 Å². The third-order valence-corrected chi connectivity index (χ3v) is 3.65. The molecule has 0 aliphatic heterocycles. The molecule has 0 aromatic heterocycles. The molecule has 3 N–H and O–H groups in total. The molecule has 5 nitrogen and oxygen atoms in total. The summed E-state index contributed by atoms with van der Waals surface area (Å²) in [7, 11) is 0. The van der Waals surface area contributed by atoms with E-state index in [1.165, 1.54) is 0 Å². The Balaban J connectivity index is 2.69. The summed E-state index contributed by atoms with van der Waals surface area (Å²) in [5.41, 5.74) is -0.472. The molecule has 0 aliphatic carbocycles. The number of halogens is 1. The Morgan fingerprint density at radius 3 is 2.71 bits per heavy atom. The predicted molar refractivity (Wildman–Crippen MR) is 85.1 cm³/mol. The van der Waals surface area contributed by atoms with Gasteiger partial charge in [-0.05, 0) is 31.9 Å². The van der Waals surface area contributed by atoms with E-state index in [-0.39, 0.29) is 12.5 Å². The highest BCUT2D eigenvalue weighted by Gasteiger charge is 2.25. The summed E-state index contributed by atoms with van der Waals surface area (Å²) < 4.78 is 5.43. The Labute approximate surface area is 130 Å². The fraction of sp³-hybridized carbons (Fsp3) is 0.533. The van der Waals surface area contributed by atoms with E-state index in [0.717, 1.165) is 0 Å². The Hall–Kier alpha value is -1.46. The van der Waals surface area contributed by atoms with E-state index in [1.807, 2.05) is 20.8 Å². The lowest BCUT2D eigenvalue weighted by Crippen LogP contribution is -2.45. The molecule has 21 heavy (non-hydrogen) atoms. The number of urea groups is 1. The van der Waals surface area contributed by atoms with E-state index in [4.69, 9.17) is 16.3 Å². The normalized spacial score (nSPS) is 13.7. The zero-order valence-electron chi connectivity index (χ0n) is 12.9. The molecular weight excluding hydrogens is 292 g/mol. The molecule has 1 aromatic carbocycles. The van der Waals surface area contributed by atoms with Crippen LogP contribution in [0.15, 0.2) is 18.2 Å². The van der Waals surface area contributed by atoms with Gasteiger partial charge in [0.05, 0.1) is 22.9 Å². The minimum Gasteiger partial charge on any atom is -0.490 e. The Kier molecular flexibility index (Phi) is 6.30. The molecule has 1 rings (SSSR count). The number of ether oxygens (including phenoxy) is 1. The number of carbonyl (C=O) groups is 1. The standard InChI is InChI=1S/C15H23ClN2O3/c1-5-21-13-11(16)7-6-8-12(13)18-14(19)17-9-15(4,20)10(2)3/h6-8,10,20H,5,9H2,1-4H3,(H2,17,18,19). The van der Waals surface area contributed by atoms with E-state index in [2.05, 4.69) is 10.6 Å². The molecule has 118 valence electrons. The molecule has 0 spiro atoms. The van der Waals surface area contributed by atoms with Gasteiger partial charge in [0.1, 0.15) is 0 Å². The maximum absolute atomic E-state index is 11.9. The highest BCUT2D eigenvalue weighted by atomic mass is 35.5. The van der Waals surface area contributed by atoms with E-state index in [9.17, 15) is 9.90 Å². The van der Waals surface area contributed by atoms with Crippen LogP contribution in [0, 0.1) is 5.92 Å². The minimum atomic E-state index is -0.964. The zero-order valence-corrected chi connectivity index (χ0v) is 13.6. The first-order valence-electron chi connectivity index (χ1n) is 6.96. The second-order valence-electron chi connectivity index (χ2n) is 5.37. The van der Waals surface area contributed by atoms with Gasteiger partial charge in [-0.25, -0.2) is 4.79 Å². The van der Waals surface area contributed by atoms with Gasteiger partial charge in [-0.2, -0.15) is 0 Å². The van der Waals surface area contributed by atoms with Crippen LogP contribution in [0.25, 0.3) is 0 Å². The number of hydrogen-bond donors (Lipinski definition) is 3. The summed E-state index contributed by atoms with van der Waals surface area (Å²) in [5, 5.41) is 15.9. The van der Waals surface area contributed by atoms with Crippen LogP contribution in [0.1, 0.15) is 27.7 Å². The van der Waals surface area contributed by atoms with Crippen molar-refractivity contribution in [3.63, 3.8) is 0 Å². The number of nitrogens with one attached hydrogen (secondary N) is 2. The van der Waals surface area contributed by atoms with Gasteiger partial charge in [-0.1, -0.05) is 31.5 Å². The molecular formula is C15H23ClN2O3.